The zero-order valence-electron chi connectivity index (χ0n) is 16.5. The molecule has 7 nitrogen and oxygen atoms in total. The Balaban J connectivity index is 1.86. The normalized spacial score (nSPS) is 13.6. The Morgan fingerprint density at radius 3 is 2.38 bits per heavy atom. The molecule has 0 aromatic heterocycles. The second-order valence-electron chi connectivity index (χ2n) is 6.70. The van der Waals surface area contributed by atoms with Crippen molar-refractivity contribution in [2.45, 2.75) is 37.8 Å². The van der Waals surface area contributed by atoms with E-state index in [1.165, 1.54) is 19.1 Å². The average Bonchev–Trinajstić information content (AvgIpc) is 2.65. The van der Waals surface area contributed by atoms with Gasteiger partial charge in [0.15, 0.2) is 0 Å². The van der Waals surface area contributed by atoms with E-state index in [4.69, 9.17) is 4.74 Å². The monoisotopic (exact) mass is 424 g/mol. The number of amides is 1. The number of nitrogens with one attached hydrogen (secondary N) is 2. The van der Waals surface area contributed by atoms with Crippen molar-refractivity contribution in [3.8, 4) is 5.75 Å². The highest BCUT2D eigenvalue weighted by molar-refractivity contribution is 7.89. The van der Waals surface area contributed by atoms with Gasteiger partial charge in [-0.25, -0.2) is 12.8 Å². The van der Waals surface area contributed by atoms with Crippen LogP contribution in [0, 0.1) is 19.7 Å². The van der Waals surface area contributed by atoms with E-state index >= 15 is 0 Å². The third-order valence-electron chi connectivity index (χ3n) is 4.19. The van der Waals surface area contributed by atoms with Crippen LogP contribution >= 0.6 is 0 Å². The number of carbonyl (C=O) groups is 1. The van der Waals surface area contributed by atoms with Gasteiger partial charge >= 0.3 is 0 Å². The molecule has 0 fully saturated rings. The number of hydrogen-bond acceptors (Lipinski definition) is 5. The van der Waals surface area contributed by atoms with Crippen LogP contribution in [0.4, 0.5) is 4.39 Å². The fraction of sp³-hybridized carbons (Fsp3) is 0.350. The summed E-state index contributed by atoms with van der Waals surface area (Å²) < 4.78 is 45.9. The van der Waals surface area contributed by atoms with Crippen molar-refractivity contribution >= 4 is 15.9 Å². The lowest BCUT2D eigenvalue weighted by molar-refractivity contribution is -0.122. The second-order valence-corrected chi connectivity index (χ2v) is 8.39. The molecule has 0 radical (unpaired) electrons. The van der Waals surface area contributed by atoms with Crippen LogP contribution in [0.1, 0.15) is 18.1 Å². The first-order valence-electron chi connectivity index (χ1n) is 9.03. The van der Waals surface area contributed by atoms with Crippen LogP contribution in [0.15, 0.2) is 47.4 Å². The molecule has 0 saturated carbocycles. The SMILES string of the molecule is Cc1cccc(C)c1OCC(O)CNC(=O)[C@H](C)NS(=O)(=O)c1ccccc1F. The number of benzene rings is 2. The third-order valence-corrected chi connectivity index (χ3v) is 5.77. The molecule has 2 aromatic carbocycles. The molecule has 0 aliphatic rings. The molecular weight excluding hydrogens is 399 g/mol. The van der Waals surface area contributed by atoms with Gasteiger partial charge in [-0.05, 0) is 44.0 Å². The fourth-order valence-corrected chi connectivity index (χ4v) is 3.93. The number of aryl methyl sites for hydroxylation is 2. The van der Waals surface area contributed by atoms with Gasteiger partial charge < -0.3 is 15.2 Å². The molecule has 0 heterocycles. The van der Waals surface area contributed by atoms with Gasteiger partial charge in [0.2, 0.25) is 15.9 Å². The summed E-state index contributed by atoms with van der Waals surface area (Å²) in [7, 11) is -4.20. The maximum Gasteiger partial charge on any atom is 0.244 e. The molecule has 1 amide bonds. The minimum Gasteiger partial charge on any atom is -0.490 e. The standard InChI is InChI=1S/C20H25FN2O5S/c1-13-7-6-8-14(2)19(13)28-12-16(24)11-22-20(25)15(3)23-29(26,27)18-10-5-4-9-17(18)21/h4-10,15-16,23-24H,11-12H2,1-3H3,(H,22,25)/t15-,16?/m0/s1. The predicted molar refractivity (Wildman–Crippen MR) is 107 cm³/mol. The second kappa shape index (κ2) is 9.82. The van der Waals surface area contributed by atoms with Gasteiger partial charge in [0.05, 0.1) is 6.04 Å². The van der Waals surface area contributed by atoms with Crippen LogP contribution in [0.5, 0.6) is 5.75 Å². The lowest BCUT2D eigenvalue weighted by Gasteiger charge is -2.18. The summed E-state index contributed by atoms with van der Waals surface area (Å²) in [5.74, 6) is -0.897. The van der Waals surface area contributed by atoms with Crippen molar-refractivity contribution in [1.29, 1.82) is 0 Å². The van der Waals surface area contributed by atoms with E-state index < -0.39 is 38.8 Å². The topological polar surface area (TPSA) is 105 Å². The Bertz CT molecular complexity index is 945. The average molecular weight is 424 g/mol. The van der Waals surface area contributed by atoms with Crippen molar-refractivity contribution in [2.75, 3.05) is 13.2 Å². The van der Waals surface area contributed by atoms with Crippen LogP contribution < -0.4 is 14.8 Å². The molecule has 1 unspecified atom stereocenters. The molecule has 0 aliphatic carbocycles. The predicted octanol–water partition coefficient (Wildman–Crippen LogP) is 1.67. The van der Waals surface area contributed by atoms with Gasteiger partial charge in [0.1, 0.15) is 29.2 Å². The van der Waals surface area contributed by atoms with E-state index in [1.54, 1.807) is 0 Å². The van der Waals surface area contributed by atoms with E-state index in [1.807, 2.05) is 32.0 Å². The summed E-state index contributed by atoms with van der Waals surface area (Å²) in [5, 5.41) is 12.5. The minimum atomic E-state index is -4.20. The maximum absolute atomic E-state index is 13.7. The number of halogens is 1. The van der Waals surface area contributed by atoms with Crippen molar-refractivity contribution in [1.82, 2.24) is 10.0 Å². The van der Waals surface area contributed by atoms with Gasteiger partial charge in [-0.2, -0.15) is 4.72 Å². The molecule has 158 valence electrons. The van der Waals surface area contributed by atoms with Crippen LogP contribution in [-0.2, 0) is 14.8 Å². The Labute approximate surface area is 170 Å². The first-order chi connectivity index (χ1) is 13.6. The first-order valence-corrected chi connectivity index (χ1v) is 10.5. The quantitative estimate of drug-likeness (QED) is 0.568. The lowest BCUT2D eigenvalue weighted by Crippen LogP contribution is -2.47. The molecule has 9 heteroatoms. The van der Waals surface area contributed by atoms with Gasteiger partial charge in [0.25, 0.3) is 0 Å². The van der Waals surface area contributed by atoms with Crippen LogP contribution in [0.2, 0.25) is 0 Å². The van der Waals surface area contributed by atoms with E-state index in [0.29, 0.717) is 5.75 Å². The molecule has 0 aliphatic heterocycles. The van der Waals surface area contributed by atoms with Crippen molar-refractivity contribution in [3.05, 3.63) is 59.4 Å². The summed E-state index contributed by atoms with van der Waals surface area (Å²) in [5.41, 5.74) is 1.86. The summed E-state index contributed by atoms with van der Waals surface area (Å²) in [6.45, 7) is 4.93. The number of hydrogen-bond donors (Lipinski definition) is 3. The number of sulfonamides is 1. The minimum absolute atomic E-state index is 0.0404. The molecule has 0 spiro atoms. The highest BCUT2D eigenvalue weighted by atomic mass is 32.2. The summed E-state index contributed by atoms with van der Waals surface area (Å²) >= 11 is 0. The highest BCUT2D eigenvalue weighted by Crippen LogP contribution is 2.22. The van der Waals surface area contributed by atoms with Gasteiger partial charge in [-0.1, -0.05) is 30.3 Å². The van der Waals surface area contributed by atoms with Gasteiger partial charge in [-0.15, -0.1) is 0 Å². The van der Waals surface area contributed by atoms with Gasteiger partial charge in [0, 0.05) is 6.54 Å². The summed E-state index contributed by atoms with van der Waals surface area (Å²) in [4.78, 5) is 11.6. The van der Waals surface area contributed by atoms with E-state index in [-0.39, 0.29) is 13.2 Å². The number of para-hydroxylation sites is 1. The zero-order valence-corrected chi connectivity index (χ0v) is 17.3. The zero-order chi connectivity index (χ0) is 21.6. The van der Waals surface area contributed by atoms with Crippen LogP contribution in [-0.4, -0.2) is 44.7 Å². The van der Waals surface area contributed by atoms with Crippen molar-refractivity contribution < 1.29 is 27.4 Å². The Morgan fingerprint density at radius 1 is 1.14 bits per heavy atom. The van der Waals surface area contributed by atoms with E-state index in [2.05, 4.69) is 10.0 Å². The largest absolute Gasteiger partial charge is 0.490 e. The van der Waals surface area contributed by atoms with Crippen molar-refractivity contribution in [2.24, 2.45) is 0 Å². The molecule has 2 aromatic rings. The molecule has 3 N–H and O–H groups in total. The summed E-state index contributed by atoms with van der Waals surface area (Å²) in [6.07, 6.45) is -0.992. The Kier molecular flexibility index (Phi) is 7.72. The highest BCUT2D eigenvalue weighted by Gasteiger charge is 2.24. The fourth-order valence-electron chi connectivity index (χ4n) is 2.65. The molecule has 2 atom stereocenters. The van der Waals surface area contributed by atoms with E-state index in [9.17, 15) is 22.7 Å². The van der Waals surface area contributed by atoms with Crippen LogP contribution in [0.25, 0.3) is 0 Å². The van der Waals surface area contributed by atoms with Crippen LogP contribution in [0.3, 0.4) is 0 Å². The molecular formula is C20H25FN2O5S. The number of rotatable bonds is 9. The van der Waals surface area contributed by atoms with Gasteiger partial charge in [-0.3, -0.25) is 4.79 Å². The molecule has 0 bridgehead atoms. The number of ether oxygens (including phenoxy) is 1. The Morgan fingerprint density at radius 2 is 1.76 bits per heavy atom. The molecule has 29 heavy (non-hydrogen) atoms. The summed E-state index contributed by atoms with van der Waals surface area (Å²) in [6, 6.07) is 9.40. The maximum atomic E-state index is 13.7. The number of carbonyl (C=O) groups excluding carboxylic acids is 1. The van der Waals surface area contributed by atoms with E-state index in [0.717, 1.165) is 23.3 Å². The number of aliphatic hydroxyl groups excluding tert-OH is 1. The first kappa shape index (κ1) is 22.8. The number of aliphatic hydroxyl groups is 1. The lowest BCUT2D eigenvalue weighted by atomic mass is 10.1. The smallest absolute Gasteiger partial charge is 0.244 e. The Hall–Kier alpha value is -2.49. The third kappa shape index (κ3) is 6.25. The van der Waals surface area contributed by atoms with Crippen molar-refractivity contribution in [3.63, 3.8) is 0 Å². The molecule has 0 saturated heterocycles. The molecule has 2 rings (SSSR count).